The number of hydrogen-bond donors (Lipinski definition) is 2. The summed E-state index contributed by atoms with van der Waals surface area (Å²) in [5.74, 6) is 0.430. The van der Waals surface area contributed by atoms with Gasteiger partial charge in [-0.15, -0.1) is 0 Å². The lowest BCUT2D eigenvalue weighted by molar-refractivity contribution is -0.120. The number of halogens is 1. The van der Waals surface area contributed by atoms with Crippen LogP contribution in [0, 0.1) is 23.6 Å². The summed E-state index contributed by atoms with van der Waals surface area (Å²) in [4.78, 5) is 12.1. The molecule has 4 heteroatoms. The molecule has 0 spiro atoms. The van der Waals surface area contributed by atoms with E-state index >= 15 is 0 Å². The monoisotopic (exact) mass is 246 g/mol. The van der Waals surface area contributed by atoms with Crippen LogP contribution in [0.15, 0.2) is 30.4 Å². The third-order valence-corrected chi connectivity index (χ3v) is 3.89. The minimum absolute atomic E-state index is 0.00247. The number of anilines is 2. The Morgan fingerprint density at radius 2 is 2.17 bits per heavy atom. The average Bonchev–Trinajstić information content (AvgIpc) is 2.96. The molecule has 94 valence electrons. The summed E-state index contributed by atoms with van der Waals surface area (Å²) >= 11 is 0. The van der Waals surface area contributed by atoms with Crippen molar-refractivity contribution in [3.8, 4) is 0 Å². The van der Waals surface area contributed by atoms with Crippen LogP contribution in [0.5, 0.6) is 0 Å². The molecule has 0 heterocycles. The van der Waals surface area contributed by atoms with Crippen LogP contribution in [0.4, 0.5) is 15.8 Å². The molecule has 2 aliphatic rings. The number of fused-ring (bicyclic) bond motifs is 2. The number of nitrogens with one attached hydrogen (secondary N) is 1. The van der Waals surface area contributed by atoms with E-state index in [9.17, 15) is 9.18 Å². The second-order valence-electron chi connectivity index (χ2n) is 5.11. The number of rotatable bonds is 2. The molecule has 0 saturated heterocycles. The SMILES string of the molecule is Nc1ccc(F)cc1NC(=O)C1CC2C=CC1C2. The fourth-order valence-electron chi connectivity index (χ4n) is 2.94. The minimum Gasteiger partial charge on any atom is -0.397 e. The molecule has 1 aromatic rings. The van der Waals surface area contributed by atoms with Gasteiger partial charge in [0.2, 0.25) is 5.91 Å². The quantitative estimate of drug-likeness (QED) is 0.622. The van der Waals surface area contributed by atoms with Crippen LogP contribution in [0.25, 0.3) is 0 Å². The number of nitrogens with two attached hydrogens (primary N) is 1. The summed E-state index contributed by atoms with van der Waals surface area (Å²) in [6.07, 6.45) is 6.26. The van der Waals surface area contributed by atoms with Crippen LogP contribution in [-0.2, 0) is 4.79 Å². The van der Waals surface area contributed by atoms with Gasteiger partial charge in [-0.3, -0.25) is 4.79 Å². The van der Waals surface area contributed by atoms with E-state index in [1.54, 1.807) is 0 Å². The normalized spacial score (nSPS) is 28.6. The molecule has 2 bridgehead atoms. The molecular weight excluding hydrogens is 231 g/mol. The Morgan fingerprint density at radius 1 is 1.33 bits per heavy atom. The van der Waals surface area contributed by atoms with Crippen molar-refractivity contribution in [2.45, 2.75) is 12.8 Å². The number of carbonyl (C=O) groups excluding carboxylic acids is 1. The summed E-state index contributed by atoms with van der Waals surface area (Å²) in [6.45, 7) is 0. The zero-order valence-electron chi connectivity index (χ0n) is 9.90. The van der Waals surface area contributed by atoms with Gasteiger partial charge < -0.3 is 11.1 Å². The van der Waals surface area contributed by atoms with E-state index in [-0.39, 0.29) is 11.8 Å². The Morgan fingerprint density at radius 3 is 2.83 bits per heavy atom. The largest absolute Gasteiger partial charge is 0.397 e. The molecule has 1 saturated carbocycles. The van der Waals surface area contributed by atoms with Crippen molar-refractivity contribution in [2.75, 3.05) is 11.1 Å². The van der Waals surface area contributed by atoms with Crippen molar-refractivity contribution >= 4 is 17.3 Å². The zero-order chi connectivity index (χ0) is 12.7. The van der Waals surface area contributed by atoms with Crippen LogP contribution >= 0.6 is 0 Å². The Bertz CT molecular complexity index is 527. The van der Waals surface area contributed by atoms with E-state index in [2.05, 4.69) is 17.5 Å². The fraction of sp³-hybridized carbons (Fsp3) is 0.357. The number of benzene rings is 1. The highest BCUT2D eigenvalue weighted by Gasteiger charge is 2.39. The van der Waals surface area contributed by atoms with Crippen LogP contribution < -0.4 is 11.1 Å². The summed E-state index contributed by atoms with van der Waals surface area (Å²) in [5, 5.41) is 2.74. The van der Waals surface area contributed by atoms with E-state index in [1.807, 2.05) is 0 Å². The van der Waals surface area contributed by atoms with Crippen LogP contribution in [0.2, 0.25) is 0 Å². The van der Waals surface area contributed by atoms with Gasteiger partial charge in [0.25, 0.3) is 0 Å². The maximum atomic E-state index is 13.1. The van der Waals surface area contributed by atoms with Crippen LogP contribution in [0.3, 0.4) is 0 Å². The molecule has 3 nitrogen and oxygen atoms in total. The highest BCUT2D eigenvalue weighted by atomic mass is 19.1. The smallest absolute Gasteiger partial charge is 0.228 e. The van der Waals surface area contributed by atoms with Crippen molar-refractivity contribution in [2.24, 2.45) is 17.8 Å². The van der Waals surface area contributed by atoms with E-state index in [1.165, 1.54) is 18.2 Å². The summed E-state index contributed by atoms with van der Waals surface area (Å²) in [6, 6.07) is 4.01. The standard InChI is InChI=1S/C14H15FN2O/c15-10-3-4-12(16)13(7-10)17-14(18)11-6-8-1-2-9(11)5-8/h1-4,7-9,11H,5-6,16H2,(H,17,18). The molecule has 2 aliphatic carbocycles. The van der Waals surface area contributed by atoms with Gasteiger partial charge in [-0.1, -0.05) is 12.2 Å². The van der Waals surface area contributed by atoms with Gasteiger partial charge in [0, 0.05) is 5.92 Å². The number of nitrogen functional groups attached to an aromatic ring is 1. The van der Waals surface area contributed by atoms with Crippen molar-refractivity contribution < 1.29 is 9.18 Å². The number of carbonyl (C=O) groups is 1. The highest BCUT2D eigenvalue weighted by molar-refractivity contribution is 5.95. The maximum Gasteiger partial charge on any atom is 0.228 e. The number of hydrogen-bond acceptors (Lipinski definition) is 2. The maximum absolute atomic E-state index is 13.1. The lowest BCUT2D eigenvalue weighted by Crippen LogP contribution is -2.26. The van der Waals surface area contributed by atoms with Crippen molar-refractivity contribution in [3.63, 3.8) is 0 Å². The van der Waals surface area contributed by atoms with E-state index < -0.39 is 5.82 Å². The second-order valence-corrected chi connectivity index (χ2v) is 5.11. The fourth-order valence-corrected chi connectivity index (χ4v) is 2.94. The molecule has 0 radical (unpaired) electrons. The third kappa shape index (κ3) is 1.88. The van der Waals surface area contributed by atoms with Crippen molar-refractivity contribution in [3.05, 3.63) is 36.2 Å². The van der Waals surface area contributed by atoms with Gasteiger partial charge in [-0.25, -0.2) is 4.39 Å². The van der Waals surface area contributed by atoms with Crippen molar-refractivity contribution in [1.29, 1.82) is 0 Å². The second kappa shape index (κ2) is 4.12. The zero-order valence-corrected chi connectivity index (χ0v) is 9.90. The molecule has 3 unspecified atom stereocenters. The molecule has 18 heavy (non-hydrogen) atoms. The molecule has 1 aromatic carbocycles. The predicted octanol–water partition coefficient (Wildman–Crippen LogP) is 2.56. The summed E-state index contributed by atoms with van der Waals surface area (Å²) in [5.41, 5.74) is 6.48. The lowest BCUT2D eigenvalue weighted by Gasteiger charge is -2.18. The molecule has 0 aliphatic heterocycles. The molecule has 3 rings (SSSR count). The first kappa shape index (κ1) is 11.3. The first-order chi connectivity index (χ1) is 8.63. The molecule has 3 N–H and O–H groups in total. The Balaban J connectivity index is 1.75. The van der Waals surface area contributed by atoms with Crippen LogP contribution in [0.1, 0.15) is 12.8 Å². The molecule has 1 fully saturated rings. The lowest BCUT2D eigenvalue weighted by atomic mass is 9.93. The average molecular weight is 246 g/mol. The summed E-state index contributed by atoms with van der Waals surface area (Å²) < 4.78 is 13.1. The topological polar surface area (TPSA) is 55.1 Å². The van der Waals surface area contributed by atoms with E-state index in [0.29, 0.717) is 23.2 Å². The molecule has 3 atom stereocenters. The van der Waals surface area contributed by atoms with Gasteiger partial charge in [0.15, 0.2) is 0 Å². The summed E-state index contributed by atoms with van der Waals surface area (Å²) in [7, 11) is 0. The van der Waals surface area contributed by atoms with Crippen molar-refractivity contribution in [1.82, 2.24) is 0 Å². The molecular formula is C14H15FN2O. The highest BCUT2D eigenvalue weighted by Crippen LogP contribution is 2.43. The van der Waals surface area contributed by atoms with Gasteiger partial charge >= 0.3 is 0 Å². The predicted molar refractivity (Wildman–Crippen MR) is 68.3 cm³/mol. The van der Waals surface area contributed by atoms with Gasteiger partial charge in [0.1, 0.15) is 5.82 Å². The van der Waals surface area contributed by atoms with Crippen LogP contribution in [-0.4, -0.2) is 5.91 Å². The van der Waals surface area contributed by atoms with Gasteiger partial charge in [-0.2, -0.15) is 0 Å². The Hall–Kier alpha value is -1.84. The first-order valence-corrected chi connectivity index (χ1v) is 6.17. The molecule has 0 aromatic heterocycles. The minimum atomic E-state index is -0.396. The van der Waals surface area contributed by atoms with E-state index in [0.717, 1.165) is 12.8 Å². The van der Waals surface area contributed by atoms with Gasteiger partial charge in [-0.05, 0) is 42.9 Å². The third-order valence-electron chi connectivity index (χ3n) is 3.89. The Labute approximate surface area is 105 Å². The number of amides is 1. The number of allylic oxidation sites excluding steroid dienone is 2. The first-order valence-electron chi connectivity index (χ1n) is 6.17. The molecule has 1 amide bonds. The van der Waals surface area contributed by atoms with E-state index in [4.69, 9.17) is 5.73 Å². The Kier molecular flexibility index (Phi) is 2.58. The van der Waals surface area contributed by atoms with Gasteiger partial charge in [0.05, 0.1) is 11.4 Å².